The predicted octanol–water partition coefficient (Wildman–Crippen LogP) is 12.2. The minimum absolute atomic E-state index is 0.0345. The van der Waals surface area contributed by atoms with Crippen LogP contribution in [0.25, 0.3) is 0 Å². The second-order valence-electron chi connectivity index (χ2n) is 13.9. The van der Waals surface area contributed by atoms with Crippen LogP contribution in [0.3, 0.4) is 0 Å². The normalized spacial score (nSPS) is 12.7. The first kappa shape index (κ1) is 45.3. The van der Waals surface area contributed by atoms with E-state index in [1.54, 1.807) is 7.05 Å². The Kier molecular flexibility index (Phi) is 33.0. The zero-order chi connectivity index (χ0) is 34.7. The number of rotatable bonds is 35. The molecule has 0 rings (SSSR count). The second kappa shape index (κ2) is 34.2. The smallest absolute Gasteiger partial charge is 0.372 e. The first-order valence-electron chi connectivity index (χ1n) is 20.1. The van der Waals surface area contributed by atoms with Crippen molar-refractivity contribution in [3.8, 4) is 0 Å². The van der Waals surface area contributed by atoms with Crippen LogP contribution in [0.4, 0.5) is 0 Å². The number of carbonyl (C=O) groups excluding carboxylic acids is 2. The van der Waals surface area contributed by atoms with Gasteiger partial charge in [-0.1, -0.05) is 148 Å². The van der Waals surface area contributed by atoms with Crippen molar-refractivity contribution in [2.75, 3.05) is 13.6 Å². The molecule has 0 aromatic heterocycles. The number of unbranched alkanes of at least 4 members (excludes halogenated alkanes) is 22. The average molecular weight is 665 g/mol. The first-order chi connectivity index (χ1) is 22.9. The summed E-state index contributed by atoms with van der Waals surface area (Å²) in [7, 11) is 1.55. The lowest BCUT2D eigenvalue weighted by molar-refractivity contribution is -1.21. The maximum atomic E-state index is 12.6. The standard InChI is InChI=1S/C41H78NO5/c1-5-8-10-12-14-16-18-20-22-24-26-28-30-32-34-36-40(44)46-42(4,38-39(43)7-3)47-41(45)37-35-33-31-29-27-25-23-21-19-17-15-13-11-9-6-2/h20-23,39,43H,5-19,24-38H2,1-4H3/q+1/b22-20-,23-21-. The molecule has 276 valence electrons. The SMILES string of the molecule is CCCCCCCC/C=C\CCCCCCCC(=O)O[N+](C)(CC(O)CC)OC(=O)CCCCCCC/C=C\CCCCCCCC. The van der Waals surface area contributed by atoms with E-state index in [1.807, 2.05) is 6.92 Å². The molecule has 6 nitrogen and oxygen atoms in total. The molecule has 6 heteroatoms. The van der Waals surface area contributed by atoms with Gasteiger partial charge in [-0.2, -0.15) is 0 Å². The summed E-state index contributed by atoms with van der Waals surface area (Å²) in [6, 6.07) is 0. The van der Waals surface area contributed by atoms with Crippen LogP contribution in [0.5, 0.6) is 0 Å². The lowest BCUT2D eigenvalue weighted by Crippen LogP contribution is -2.51. The summed E-state index contributed by atoms with van der Waals surface area (Å²) in [6.45, 7) is 6.41. The van der Waals surface area contributed by atoms with Gasteiger partial charge in [-0.25, -0.2) is 19.3 Å². The molecule has 0 saturated heterocycles. The van der Waals surface area contributed by atoms with Crippen molar-refractivity contribution < 1.29 is 29.2 Å². The van der Waals surface area contributed by atoms with Crippen LogP contribution in [0, 0.1) is 0 Å². The predicted molar refractivity (Wildman–Crippen MR) is 198 cm³/mol. The van der Waals surface area contributed by atoms with Crippen molar-refractivity contribution >= 4 is 11.9 Å². The molecule has 1 atom stereocenters. The number of carbonyl (C=O) groups is 2. The summed E-state index contributed by atoms with van der Waals surface area (Å²) in [4.78, 5) is 35.8. The number of likely N-dealkylation sites (N-methyl/N-ethyl adjacent to an activating group) is 1. The van der Waals surface area contributed by atoms with E-state index in [1.165, 1.54) is 116 Å². The lowest BCUT2D eigenvalue weighted by atomic mass is 10.1. The van der Waals surface area contributed by atoms with E-state index >= 15 is 0 Å². The molecule has 1 N–H and O–H groups in total. The van der Waals surface area contributed by atoms with Gasteiger partial charge in [0.25, 0.3) is 0 Å². The third-order valence-electron chi connectivity index (χ3n) is 8.89. The topological polar surface area (TPSA) is 72.8 Å². The molecule has 0 amide bonds. The molecule has 0 aliphatic carbocycles. The molecule has 0 aliphatic rings. The summed E-state index contributed by atoms with van der Waals surface area (Å²) >= 11 is 0. The molecular formula is C41H78NO5+. The highest BCUT2D eigenvalue weighted by molar-refractivity contribution is 5.69. The highest BCUT2D eigenvalue weighted by Crippen LogP contribution is 2.17. The molecule has 0 aliphatic heterocycles. The number of hydrogen-bond acceptors (Lipinski definition) is 5. The summed E-state index contributed by atoms with van der Waals surface area (Å²) < 4.78 is 0. The summed E-state index contributed by atoms with van der Waals surface area (Å²) in [6.07, 6.45) is 40.9. The average Bonchev–Trinajstić information content (AvgIpc) is 3.04. The number of allylic oxidation sites excluding steroid dienone is 4. The van der Waals surface area contributed by atoms with Gasteiger partial charge in [-0.3, -0.25) is 0 Å². The Hall–Kier alpha value is -1.66. The molecule has 1 unspecified atom stereocenters. The molecule has 0 aromatic rings. The minimum atomic E-state index is -0.722. The van der Waals surface area contributed by atoms with Gasteiger partial charge in [0.1, 0.15) is 6.10 Å². The van der Waals surface area contributed by atoms with Crippen molar-refractivity contribution in [3.05, 3.63) is 24.3 Å². The summed E-state index contributed by atoms with van der Waals surface area (Å²) in [5, 5.41) is 10.2. The third kappa shape index (κ3) is 32.7. The van der Waals surface area contributed by atoms with Gasteiger partial charge in [0.15, 0.2) is 13.6 Å². The molecule has 0 fully saturated rings. The number of hydrogen-bond donors (Lipinski definition) is 1. The van der Waals surface area contributed by atoms with Gasteiger partial charge in [-0.05, 0) is 70.6 Å². The van der Waals surface area contributed by atoms with Crippen LogP contribution in [0.2, 0.25) is 0 Å². The quantitative estimate of drug-likeness (QED) is 0.0316. The summed E-state index contributed by atoms with van der Waals surface area (Å²) in [5.41, 5.74) is 0. The minimum Gasteiger partial charge on any atom is -0.387 e. The van der Waals surface area contributed by atoms with Gasteiger partial charge in [0.05, 0.1) is 12.8 Å². The van der Waals surface area contributed by atoms with Gasteiger partial charge in [0, 0.05) is 4.81 Å². The Labute approximate surface area is 291 Å². The van der Waals surface area contributed by atoms with Gasteiger partial charge >= 0.3 is 11.9 Å². The molecule has 47 heavy (non-hydrogen) atoms. The largest absolute Gasteiger partial charge is 0.387 e. The lowest BCUT2D eigenvalue weighted by Gasteiger charge is -2.28. The van der Waals surface area contributed by atoms with E-state index in [0.29, 0.717) is 19.3 Å². The van der Waals surface area contributed by atoms with Gasteiger partial charge in [0.2, 0.25) is 0 Å². The Morgan fingerprint density at radius 1 is 0.511 bits per heavy atom. The van der Waals surface area contributed by atoms with Crippen LogP contribution < -0.4 is 0 Å². The van der Waals surface area contributed by atoms with E-state index < -0.39 is 10.9 Å². The molecule has 0 aromatic carbocycles. The van der Waals surface area contributed by atoms with Crippen molar-refractivity contribution in [1.29, 1.82) is 0 Å². The molecule has 0 saturated carbocycles. The van der Waals surface area contributed by atoms with E-state index in [2.05, 4.69) is 38.2 Å². The number of quaternary nitrogens is 1. The van der Waals surface area contributed by atoms with Gasteiger partial charge < -0.3 is 5.11 Å². The molecule has 0 heterocycles. The van der Waals surface area contributed by atoms with Crippen molar-refractivity contribution in [3.63, 3.8) is 0 Å². The number of hydroxylamine groups is 4. The highest BCUT2D eigenvalue weighted by Gasteiger charge is 2.36. The zero-order valence-electron chi connectivity index (χ0n) is 31.6. The molecular weight excluding hydrogens is 586 g/mol. The van der Waals surface area contributed by atoms with E-state index in [-0.39, 0.29) is 18.5 Å². The Balaban J connectivity index is 4.04. The van der Waals surface area contributed by atoms with Crippen LogP contribution in [-0.2, 0) is 19.3 Å². The molecule has 0 radical (unpaired) electrons. The number of aliphatic hydroxyl groups excluding tert-OH is 1. The number of aliphatic hydroxyl groups is 1. The third-order valence-corrected chi connectivity index (χ3v) is 8.89. The van der Waals surface area contributed by atoms with Gasteiger partial charge in [-0.15, -0.1) is 0 Å². The Bertz CT molecular complexity index is 711. The van der Waals surface area contributed by atoms with E-state index in [4.69, 9.17) is 9.68 Å². The van der Waals surface area contributed by atoms with Crippen molar-refractivity contribution in [1.82, 2.24) is 0 Å². The molecule has 0 spiro atoms. The monoisotopic (exact) mass is 665 g/mol. The zero-order valence-corrected chi connectivity index (χ0v) is 31.6. The van der Waals surface area contributed by atoms with Crippen LogP contribution in [0.15, 0.2) is 24.3 Å². The number of nitrogens with zero attached hydrogens (tertiary/aromatic N) is 1. The second-order valence-corrected chi connectivity index (χ2v) is 13.9. The van der Waals surface area contributed by atoms with Crippen molar-refractivity contribution in [2.24, 2.45) is 0 Å². The summed E-state index contributed by atoms with van der Waals surface area (Å²) in [5.74, 6) is -0.774. The van der Waals surface area contributed by atoms with E-state index in [0.717, 1.165) is 51.4 Å². The van der Waals surface area contributed by atoms with E-state index in [9.17, 15) is 14.7 Å². The maximum Gasteiger partial charge on any atom is 0.372 e. The van der Waals surface area contributed by atoms with Crippen LogP contribution in [-0.4, -0.2) is 41.6 Å². The Morgan fingerprint density at radius 3 is 1.13 bits per heavy atom. The highest BCUT2D eigenvalue weighted by atomic mass is 17.0. The fourth-order valence-electron chi connectivity index (χ4n) is 5.81. The van der Waals surface area contributed by atoms with Crippen molar-refractivity contribution in [2.45, 2.75) is 213 Å². The first-order valence-corrected chi connectivity index (χ1v) is 20.1. The Morgan fingerprint density at radius 2 is 0.809 bits per heavy atom. The maximum absolute atomic E-state index is 12.6. The van der Waals surface area contributed by atoms with Crippen LogP contribution >= 0.6 is 0 Å². The fraction of sp³-hybridized carbons (Fsp3) is 0.854. The van der Waals surface area contributed by atoms with Crippen LogP contribution in [0.1, 0.15) is 207 Å². The fourth-order valence-corrected chi connectivity index (χ4v) is 5.81. The molecule has 0 bridgehead atoms.